The van der Waals surface area contributed by atoms with E-state index in [9.17, 15) is 4.79 Å². The molecule has 1 atom stereocenters. The van der Waals surface area contributed by atoms with Gasteiger partial charge in [-0.25, -0.2) is 4.79 Å². The van der Waals surface area contributed by atoms with Crippen molar-refractivity contribution in [1.82, 2.24) is 4.90 Å². The number of carboxylic acids is 1. The maximum absolute atomic E-state index is 10.3. The summed E-state index contributed by atoms with van der Waals surface area (Å²) in [5, 5.41) is 17.1. The molecule has 0 aliphatic rings. The van der Waals surface area contributed by atoms with Crippen LogP contribution in [0.15, 0.2) is 11.6 Å². The van der Waals surface area contributed by atoms with Gasteiger partial charge in [0.25, 0.3) is 0 Å². The van der Waals surface area contributed by atoms with E-state index in [4.69, 9.17) is 10.4 Å². The molecule has 1 unspecified atom stereocenters. The van der Waals surface area contributed by atoms with Gasteiger partial charge in [0.05, 0.1) is 12.0 Å². The summed E-state index contributed by atoms with van der Waals surface area (Å²) in [6.07, 6.45) is 1.19. The van der Waals surface area contributed by atoms with E-state index in [1.54, 1.807) is 6.92 Å². The van der Waals surface area contributed by atoms with Crippen molar-refractivity contribution in [3.63, 3.8) is 0 Å². The zero-order valence-electron chi connectivity index (χ0n) is 8.82. The second kappa shape index (κ2) is 6.17. The van der Waals surface area contributed by atoms with Gasteiger partial charge in [-0.1, -0.05) is 5.57 Å². The minimum atomic E-state index is -0.927. The second-order valence-corrected chi connectivity index (χ2v) is 3.56. The molecular weight excluding hydrogens is 180 g/mol. The topological polar surface area (TPSA) is 64.3 Å². The SMILES string of the molecule is CC(=CC(=O)O)CN(C)CC(C)C#N. The molecule has 0 spiro atoms. The van der Waals surface area contributed by atoms with E-state index >= 15 is 0 Å². The number of carboxylic acid groups (broad SMARTS) is 1. The van der Waals surface area contributed by atoms with Gasteiger partial charge in [-0.2, -0.15) is 5.26 Å². The lowest BCUT2D eigenvalue weighted by Gasteiger charge is -2.17. The van der Waals surface area contributed by atoms with Crippen molar-refractivity contribution in [3.05, 3.63) is 11.6 Å². The van der Waals surface area contributed by atoms with E-state index in [-0.39, 0.29) is 5.92 Å². The summed E-state index contributed by atoms with van der Waals surface area (Å²) >= 11 is 0. The Morgan fingerprint density at radius 2 is 2.29 bits per heavy atom. The van der Waals surface area contributed by atoms with Crippen LogP contribution in [0.5, 0.6) is 0 Å². The molecule has 0 amide bonds. The quantitative estimate of drug-likeness (QED) is 0.669. The number of aliphatic carboxylic acids is 1. The summed E-state index contributed by atoms with van der Waals surface area (Å²) in [7, 11) is 1.87. The third kappa shape index (κ3) is 6.21. The van der Waals surface area contributed by atoms with Crippen LogP contribution in [-0.2, 0) is 4.79 Å². The van der Waals surface area contributed by atoms with Crippen LogP contribution in [0.3, 0.4) is 0 Å². The van der Waals surface area contributed by atoms with Gasteiger partial charge < -0.3 is 10.0 Å². The zero-order chi connectivity index (χ0) is 11.1. The van der Waals surface area contributed by atoms with Crippen LogP contribution < -0.4 is 0 Å². The first-order chi connectivity index (χ1) is 6.45. The van der Waals surface area contributed by atoms with Crippen LogP contribution in [0, 0.1) is 17.2 Å². The first-order valence-corrected chi connectivity index (χ1v) is 4.44. The highest BCUT2D eigenvalue weighted by atomic mass is 16.4. The smallest absolute Gasteiger partial charge is 0.328 e. The molecule has 0 aromatic heterocycles. The largest absolute Gasteiger partial charge is 0.478 e. The maximum atomic E-state index is 10.3. The lowest BCUT2D eigenvalue weighted by molar-refractivity contribution is -0.131. The summed E-state index contributed by atoms with van der Waals surface area (Å²) < 4.78 is 0. The molecule has 0 aromatic rings. The number of nitriles is 1. The first-order valence-electron chi connectivity index (χ1n) is 4.44. The molecule has 4 nitrogen and oxygen atoms in total. The first kappa shape index (κ1) is 12.7. The Morgan fingerprint density at radius 1 is 1.71 bits per heavy atom. The minimum absolute atomic E-state index is 0.0300. The Balaban J connectivity index is 4.01. The van der Waals surface area contributed by atoms with Gasteiger partial charge in [0.2, 0.25) is 0 Å². The molecule has 0 aromatic carbocycles. The summed E-state index contributed by atoms with van der Waals surface area (Å²) in [6, 6.07) is 2.13. The van der Waals surface area contributed by atoms with Gasteiger partial charge in [-0.15, -0.1) is 0 Å². The van der Waals surface area contributed by atoms with Crippen molar-refractivity contribution >= 4 is 5.97 Å². The summed E-state index contributed by atoms with van der Waals surface area (Å²) in [5.74, 6) is -0.957. The third-order valence-electron chi connectivity index (χ3n) is 1.70. The minimum Gasteiger partial charge on any atom is -0.478 e. The van der Waals surface area contributed by atoms with Crippen LogP contribution in [0.25, 0.3) is 0 Å². The summed E-state index contributed by atoms with van der Waals surface area (Å²) in [4.78, 5) is 12.3. The molecule has 0 fully saturated rings. The molecule has 0 bridgehead atoms. The van der Waals surface area contributed by atoms with Crippen LogP contribution in [0.1, 0.15) is 13.8 Å². The number of carbonyl (C=O) groups is 1. The highest BCUT2D eigenvalue weighted by Gasteiger charge is 2.05. The second-order valence-electron chi connectivity index (χ2n) is 3.56. The Bertz CT molecular complexity index is 266. The Labute approximate surface area is 84.4 Å². The number of likely N-dealkylation sites (N-methyl/N-ethyl adjacent to an activating group) is 1. The average molecular weight is 196 g/mol. The highest BCUT2D eigenvalue weighted by molar-refractivity contribution is 5.80. The molecule has 14 heavy (non-hydrogen) atoms. The van der Waals surface area contributed by atoms with Crippen molar-refractivity contribution < 1.29 is 9.90 Å². The van der Waals surface area contributed by atoms with Gasteiger partial charge in [-0.05, 0) is 20.9 Å². The molecule has 0 aliphatic carbocycles. The molecule has 4 heteroatoms. The average Bonchev–Trinajstić information content (AvgIpc) is 2.01. The number of nitrogens with zero attached hydrogens (tertiary/aromatic N) is 2. The van der Waals surface area contributed by atoms with Gasteiger partial charge >= 0.3 is 5.97 Å². The van der Waals surface area contributed by atoms with Crippen molar-refractivity contribution in [2.75, 3.05) is 20.1 Å². The lowest BCUT2D eigenvalue weighted by Crippen LogP contribution is -2.25. The molecule has 0 saturated carbocycles. The van der Waals surface area contributed by atoms with Crippen LogP contribution >= 0.6 is 0 Å². The Kier molecular flexibility index (Phi) is 5.58. The standard InChI is InChI=1S/C10H16N2O2/c1-8(4-10(13)14)6-12(3)7-9(2)5-11/h4,9H,6-7H2,1-3H3,(H,13,14). The summed E-state index contributed by atoms with van der Waals surface area (Å²) in [5.41, 5.74) is 0.783. The molecule has 0 saturated heterocycles. The fourth-order valence-electron chi connectivity index (χ4n) is 1.26. The van der Waals surface area contributed by atoms with Gasteiger partial charge in [0, 0.05) is 19.2 Å². The van der Waals surface area contributed by atoms with Crippen LogP contribution in [0.2, 0.25) is 0 Å². The number of hydrogen-bond donors (Lipinski definition) is 1. The van der Waals surface area contributed by atoms with E-state index in [0.717, 1.165) is 5.57 Å². The molecule has 0 radical (unpaired) electrons. The Hall–Kier alpha value is -1.34. The fraction of sp³-hybridized carbons (Fsp3) is 0.600. The monoisotopic (exact) mass is 196 g/mol. The van der Waals surface area contributed by atoms with Gasteiger partial charge in [0.15, 0.2) is 0 Å². The summed E-state index contributed by atoms with van der Waals surface area (Å²) in [6.45, 7) is 4.84. The Morgan fingerprint density at radius 3 is 2.71 bits per heavy atom. The van der Waals surface area contributed by atoms with Gasteiger partial charge in [0.1, 0.15) is 0 Å². The highest BCUT2D eigenvalue weighted by Crippen LogP contribution is 2.00. The molecular formula is C10H16N2O2. The maximum Gasteiger partial charge on any atom is 0.328 e. The van der Waals surface area contributed by atoms with Crippen LogP contribution in [0.4, 0.5) is 0 Å². The van der Waals surface area contributed by atoms with E-state index < -0.39 is 5.97 Å². The lowest BCUT2D eigenvalue weighted by atomic mass is 10.2. The number of hydrogen-bond acceptors (Lipinski definition) is 3. The molecule has 0 aliphatic heterocycles. The number of rotatable bonds is 5. The van der Waals surface area contributed by atoms with Crippen molar-refractivity contribution in [2.24, 2.45) is 5.92 Å². The molecule has 0 heterocycles. The van der Waals surface area contributed by atoms with E-state index in [0.29, 0.717) is 13.1 Å². The zero-order valence-corrected chi connectivity index (χ0v) is 8.82. The van der Waals surface area contributed by atoms with Crippen LogP contribution in [-0.4, -0.2) is 36.1 Å². The third-order valence-corrected chi connectivity index (χ3v) is 1.70. The van der Waals surface area contributed by atoms with E-state index in [2.05, 4.69) is 6.07 Å². The predicted octanol–water partition coefficient (Wildman–Crippen LogP) is 1.11. The molecule has 0 rings (SSSR count). The van der Waals surface area contributed by atoms with Crippen molar-refractivity contribution in [2.45, 2.75) is 13.8 Å². The van der Waals surface area contributed by atoms with Crippen molar-refractivity contribution in [1.29, 1.82) is 5.26 Å². The van der Waals surface area contributed by atoms with Gasteiger partial charge in [-0.3, -0.25) is 0 Å². The molecule has 78 valence electrons. The van der Waals surface area contributed by atoms with Crippen molar-refractivity contribution in [3.8, 4) is 6.07 Å². The van der Waals surface area contributed by atoms with E-state index in [1.165, 1.54) is 6.08 Å². The predicted molar refractivity (Wildman–Crippen MR) is 53.7 cm³/mol. The fourth-order valence-corrected chi connectivity index (χ4v) is 1.26. The molecule has 1 N–H and O–H groups in total. The van der Waals surface area contributed by atoms with E-state index in [1.807, 2.05) is 18.9 Å². The normalized spacial score (nSPS) is 13.8.